The first-order valence-corrected chi connectivity index (χ1v) is 8.51. The van der Waals surface area contributed by atoms with Crippen LogP contribution >= 0.6 is 0 Å². The first-order chi connectivity index (χ1) is 11.6. The molecule has 6 nitrogen and oxygen atoms in total. The average molecular weight is 333 g/mol. The summed E-state index contributed by atoms with van der Waals surface area (Å²) in [6.45, 7) is 5.01. The van der Waals surface area contributed by atoms with Gasteiger partial charge in [-0.2, -0.15) is 0 Å². The summed E-state index contributed by atoms with van der Waals surface area (Å²) in [4.78, 5) is 26.7. The van der Waals surface area contributed by atoms with Crippen molar-refractivity contribution >= 4 is 11.8 Å². The Morgan fingerprint density at radius 2 is 2.04 bits per heavy atom. The maximum atomic E-state index is 12.6. The van der Waals surface area contributed by atoms with E-state index >= 15 is 0 Å². The third-order valence-corrected chi connectivity index (χ3v) is 4.15. The molecule has 0 aromatic heterocycles. The van der Waals surface area contributed by atoms with Crippen LogP contribution in [0, 0.1) is 0 Å². The van der Waals surface area contributed by atoms with E-state index in [-0.39, 0.29) is 24.5 Å². The highest BCUT2D eigenvalue weighted by Crippen LogP contribution is 2.32. The van der Waals surface area contributed by atoms with E-state index in [4.69, 9.17) is 10.5 Å². The molecular formula is C18H27N3O3. The fourth-order valence-electron chi connectivity index (χ4n) is 3.02. The van der Waals surface area contributed by atoms with Crippen LogP contribution in [0.25, 0.3) is 0 Å². The first kappa shape index (κ1) is 18.4. The zero-order valence-electron chi connectivity index (χ0n) is 14.4. The molecule has 1 heterocycles. The topological polar surface area (TPSA) is 84.7 Å². The van der Waals surface area contributed by atoms with E-state index in [1.54, 1.807) is 4.90 Å². The summed E-state index contributed by atoms with van der Waals surface area (Å²) in [5.41, 5.74) is 6.38. The lowest BCUT2D eigenvalue weighted by atomic mass is 9.95. The number of hydrogen-bond acceptors (Lipinski definition) is 4. The standard InChI is InChI=1S/C18H27N3O3/c1-13(2)21-15(22)12-24-17(18(23)20-11-7-6-10-19)16(21)14-8-4-3-5-9-14/h3-5,8-9,13,16-17H,6-7,10-12,19H2,1-2H3,(H,20,23)/t16-,17+/m1/s1. The minimum atomic E-state index is -0.703. The summed E-state index contributed by atoms with van der Waals surface area (Å²) in [6.07, 6.45) is 0.993. The largest absolute Gasteiger partial charge is 0.356 e. The van der Waals surface area contributed by atoms with Crippen LogP contribution in [0.2, 0.25) is 0 Å². The second-order valence-corrected chi connectivity index (χ2v) is 6.27. The summed E-state index contributed by atoms with van der Waals surface area (Å²) in [5.74, 6) is -0.273. The van der Waals surface area contributed by atoms with Crippen molar-refractivity contribution in [1.29, 1.82) is 0 Å². The number of benzene rings is 1. The average Bonchev–Trinajstić information content (AvgIpc) is 2.58. The fraction of sp³-hybridized carbons (Fsp3) is 0.556. The zero-order chi connectivity index (χ0) is 17.5. The molecule has 0 saturated carbocycles. The molecule has 1 fully saturated rings. The summed E-state index contributed by atoms with van der Waals surface area (Å²) in [6, 6.07) is 9.15. The monoisotopic (exact) mass is 333 g/mol. The van der Waals surface area contributed by atoms with Crippen LogP contribution in [0.15, 0.2) is 30.3 Å². The normalized spacial score (nSPS) is 21.2. The molecule has 24 heavy (non-hydrogen) atoms. The molecule has 0 bridgehead atoms. The van der Waals surface area contributed by atoms with Crippen LogP contribution in [0.4, 0.5) is 0 Å². The van der Waals surface area contributed by atoms with Crippen LogP contribution in [0.5, 0.6) is 0 Å². The van der Waals surface area contributed by atoms with Gasteiger partial charge in [-0.05, 0) is 38.8 Å². The van der Waals surface area contributed by atoms with E-state index in [1.165, 1.54) is 0 Å². The predicted octanol–water partition coefficient (Wildman–Crippen LogP) is 1.22. The number of unbranched alkanes of at least 4 members (excludes halogenated alkanes) is 1. The number of nitrogens with zero attached hydrogens (tertiary/aromatic N) is 1. The number of amides is 2. The molecule has 0 spiro atoms. The van der Waals surface area contributed by atoms with Crippen molar-refractivity contribution in [2.45, 2.75) is 44.9 Å². The Morgan fingerprint density at radius 3 is 2.67 bits per heavy atom. The molecule has 0 aliphatic carbocycles. The van der Waals surface area contributed by atoms with E-state index in [9.17, 15) is 9.59 Å². The van der Waals surface area contributed by atoms with E-state index in [1.807, 2.05) is 44.2 Å². The number of nitrogens with one attached hydrogen (secondary N) is 1. The molecule has 2 atom stereocenters. The van der Waals surface area contributed by atoms with Crippen LogP contribution in [-0.2, 0) is 14.3 Å². The van der Waals surface area contributed by atoms with Gasteiger partial charge in [0.15, 0.2) is 6.10 Å². The Kier molecular flexibility index (Phi) is 6.75. The van der Waals surface area contributed by atoms with Crippen LogP contribution < -0.4 is 11.1 Å². The van der Waals surface area contributed by atoms with Crippen molar-refractivity contribution in [3.63, 3.8) is 0 Å². The Bertz CT molecular complexity index is 548. The van der Waals surface area contributed by atoms with Gasteiger partial charge in [-0.3, -0.25) is 9.59 Å². The number of carbonyl (C=O) groups is 2. The molecule has 0 radical (unpaired) electrons. The van der Waals surface area contributed by atoms with Gasteiger partial charge in [0, 0.05) is 12.6 Å². The van der Waals surface area contributed by atoms with Crippen LogP contribution in [0.3, 0.4) is 0 Å². The molecule has 2 rings (SSSR count). The third kappa shape index (κ3) is 4.33. The highest BCUT2D eigenvalue weighted by molar-refractivity contribution is 5.86. The van der Waals surface area contributed by atoms with Gasteiger partial charge in [0.05, 0.1) is 6.04 Å². The number of morpholine rings is 1. The van der Waals surface area contributed by atoms with Gasteiger partial charge in [0.25, 0.3) is 5.91 Å². The Hall–Kier alpha value is -1.92. The van der Waals surface area contributed by atoms with Crippen molar-refractivity contribution in [2.24, 2.45) is 5.73 Å². The van der Waals surface area contributed by atoms with Crippen molar-refractivity contribution in [3.05, 3.63) is 35.9 Å². The Balaban J connectivity index is 2.20. The quantitative estimate of drug-likeness (QED) is 0.735. The number of nitrogens with two attached hydrogens (primary N) is 1. The molecular weight excluding hydrogens is 306 g/mol. The summed E-state index contributed by atoms with van der Waals surface area (Å²) in [7, 11) is 0. The molecule has 2 amide bonds. The fourth-order valence-corrected chi connectivity index (χ4v) is 3.02. The zero-order valence-corrected chi connectivity index (χ0v) is 14.4. The Morgan fingerprint density at radius 1 is 1.33 bits per heavy atom. The predicted molar refractivity (Wildman–Crippen MR) is 92.2 cm³/mol. The van der Waals surface area contributed by atoms with E-state index in [2.05, 4.69) is 5.32 Å². The SMILES string of the molecule is CC(C)N1C(=O)CO[C@H](C(=O)NCCCCN)[C@H]1c1ccccc1. The summed E-state index contributed by atoms with van der Waals surface area (Å²) >= 11 is 0. The number of rotatable bonds is 7. The first-order valence-electron chi connectivity index (χ1n) is 8.51. The maximum absolute atomic E-state index is 12.6. The number of carbonyl (C=O) groups excluding carboxylic acids is 2. The molecule has 3 N–H and O–H groups in total. The highest BCUT2D eigenvalue weighted by atomic mass is 16.5. The Labute approximate surface area is 143 Å². The third-order valence-electron chi connectivity index (χ3n) is 4.15. The van der Waals surface area contributed by atoms with E-state index < -0.39 is 12.1 Å². The van der Waals surface area contributed by atoms with Gasteiger partial charge < -0.3 is 20.7 Å². The minimum Gasteiger partial charge on any atom is -0.356 e. The lowest BCUT2D eigenvalue weighted by molar-refractivity contribution is -0.167. The van der Waals surface area contributed by atoms with Crippen LogP contribution in [-0.4, -0.2) is 48.6 Å². The van der Waals surface area contributed by atoms with Gasteiger partial charge in [0.1, 0.15) is 6.61 Å². The molecule has 0 unspecified atom stereocenters. The molecule has 1 aliphatic heterocycles. The smallest absolute Gasteiger partial charge is 0.251 e. The van der Waals surface area contributed by atoms with Crippen LogP contribution in [0.1, 0.15) is 38.3 Å². The van der Waals surface area contributed by atoms with E-state index in [0.717, 1.165) is 18.4 Å². The molecule has 6 heteroatoms. The van der Waals surface area contributed by atoms with Crippen molar-refractivity contribution in [3.8, 4) is 0 Å². The van der Waals surface area contributed by atoms with Crippen molar-refractivity contribution in [1.82, 2.24) is 10.2 Å². The highest BCUT2D eigenvalue weighted by Gasteiger charge is 2.42. The lowest BCUT2D eigenvalue weighted by Crippen LogP contribution is -2.56. The van der Waals surface area contributed by atoms with Gasteiger partial charge in [-0.25, -0.2) is 0 Å². The van der Waals surface area contributed by atoms with Gasteiger partial charge in [-0.15, -0.1) is 0 Å². The molecule has 1 aromatic carbocycles. The lowest BCUT2D eigenvalue weighted by Gasteiger charge is -2.42. The number of hydrogen-bond donors (Lipinski definition) is 2. The second kappa shape index (κ2) is 8.80. The van der Waals surface area contributed by atoms with Crippen molar-refractivity contribution < 1.29 is 14.3 Å². The summed E-state index contributed by atoms with van der Waals surface area (Å²) < 4.78 is 5.63. The maximum Gasteiger partial charge on any atom is 0.251 e. The minimum absolute atomic E-state index is 0.0147. The van der Waals surface area contributed by atoms with Gasteiger partial charge >= 0.3 is 0 Å². The number of ether oxygens (including phenoxy) is 1. The van der Waals surface area contributed by atoms with Crippen molar-refractivity contribution in [2.75, 3.05) is 19.7 Å². The second-order valence-electron chi connectivity index (χ2n) is 6.27. The molecule has 1 saturated heterocycles. The molecule has 1 aromatic rings. The van der Waals surface area contributed by atoms with E-state index in [0.29, 0.717) is 13.1 Å². The van der Waals surface area contributed by atoms with Gasteiger partial charge in [0.2, 0.25) is 5.91 Å². The molecule has 132 valence electrons. The summed E-state index contributed by atoms with van der Waals surface area (Å²) in [5, 5.41) is 2.90. The molecule has 1 aliphatic rings. The van der Waals surface area contributed by atoms with Gasteiger partial charge in [-0.1, -0.05) is 30.3 Å².